The third kappa shape index (κ3) is 6.93. The Morgan fingerprint density at radius 1 is 1.26 bits per heavy atom. The van der Waals surface area contributed by atoms with Gasteiger partial charge in [0.25, 0.3) is 0 Å². The van der Waals surface area contributed by atoms with Gasteiger partial charge in [0.2, 0.25) is 10.0 Å². The van der Waals surface area contributed by atoms with E-state index in [-0.39, 0.29) is 16.8 Å². The average Bonchev–Trinajstić information content (AvgIpc) is 3.56. The Morgan fingerprint density at radius 3 is 2.55 bits per heavy atom. The second-order valence-corrected chi connectivity index (χ2v) is 9.31. The van der Waals surface area contributed by atoms with Gasteiger partial charge in [0, 0.05) is 13.6 Å². The number of guanidine groups is 1. The number of rotatable bonds is 9. The molecule has 0 saturated heterocycles. The fourth-order valence-electron chi connectivity index (χ4n) is 3.05. The number of aliphatic imine (C=N–C) groups is 1. The SMILES string of the molecule is CN=C(NCCc1ccc(S(N)(=O)=O)cc1)NC(C)c1ccc(OCC2CC2)c(F)c1. The second kappa shape index (κ2) is 10.1. The molecule has 0 radical (unpaired) electrons. The molecule has 4 N–H and O–H groups in total. The fourth-order valence-corrected chi connectivity index (χ4v) is 3.57. The maximum atomic E-state index is 14.3. The summed E-state index contributed by atoms with van der Waals surface area (Å²) in [6.45, 7) is 3.09. The topological polar surface area (TPSA) is 106 Å². The summed E-state index contributed by atoms with van der Waals surface area (Å²) in [5, 5.41) is 11.6. The Labute approximate surface area is 183 Å². The van der Waals surface area contributed by atoms with Crippen LogP contribution < -0.4 is 20.5 Å². The van der Waals surface area contributed by atoms with E-state index >= 15 is 0 Å². The van der Waals surface area contributed by atoms with Crippen molar-refractivity contribution in [2.75, 3.05) is 20.2 Å². The van der Waals surface area contributed by atoms with Crippen molar-refractivity contribution in [2.24, 2.45) is 16.0 Å². The standard InChI is InChI=1S/C22H29FN4O3S/c1-15(18-7-10-21(20(23)13-18)30-14-17-3-4-17)27-22(25-2)26-12-11-16-5-8-19(9-6-16)31(24,28)29/h5-10,13,15,17H,3-4,11-12,14H2,1-2H3,(H2,24,28,29)(H2,25,26,27). The summed E-state index contributed by atoms with van der Waals surface area (Å²) in [6, 6.07) is 11.3. The maximum absolute atomic E-state index is 14.3. The van der Waals surface area contributed by atoms with Gasteiger partial charge in [-0.3, -0.25) is 4.99 Å². The van der Waals surface area contributed by atoms with Crippen molar-refractivity contribution in [3.8, 4) is 5.75 Å². The zero-order chi connectivity index (χ0) is 22.4. The molecule has 0 heterocycles. The van der Waals surface area contributed by atoms with Crippen LogP contribution >= 0.6 is 0 Å². The summed E-state index contributed by atoms with van der Waals surface area (Å²) < 4.78 is 42.5. The number of hydrogen-bond acceptors (Lipinski definition) is 4. The Balaban J connectivity index is 1.49. The van der Waals surface area contributed by atoms with Crippen LogP contribution in [0.1, 0.15) is 36.9 Å². The third-order valence-electron chi connectivity index (χ3n) is 5.16. The van der Waals surface area contributed by atoms with Crippen molar-refractivity contribution in [3.05, 3.63) is 59.4 Å². The molecule has 9 heteroatoms. The predicted octanol–water partition coefficient (Wildman–Crippen LogP) is 2.73. The number of nitrogens with one attached hydrogen (secondary N) is 2. The molecular formula is C22H29FN4O3S. The number of benzene rings is 2. The Kier molecular flexibility index (Phi) is 7.50. The van der Waals surface area contributed by atoms with Crippen molar-refractivity contribution < 1.29 is 17.5 Å². The van der Waals surface area contributed by atoms with Crippen LogP contribution in [-0.4, -0.2) is 34.6 Å². The van der Waals surface area contributed by atoms with Crippen molar-refractivity contribution in [1.29, 1.82) is 0 Å². The van der Waals surface area contributed by atoms with E-state index in [1.807, 2.05) is 13.0 Å². The van der Waals surface area contributed by atoms with Crippen LogP contribution in [0.15, 0.2) is 52.4 Å². The number of hydrogen-bond donors (Lipinski definition) is 3. The summed E-state index contributed by atoms with van der Waals surface area (Å²) in [5.41, 5.74) is 1.75. The van der Waals surface area contributed by atoms with Gasteiger partial charge in [-0.2, -0.15) is 0 Å². The van der Waals surface area contributed by atoms with Gasteiger partial charge in [0.15, 0.2) is 17.5 Å². The number of ether oxygens (including phenoxy) is 1. The highest BCUT2D eigenvalue weighted by molar-refractivity contribution is 7.89. The van der Waals surface area contributed by atoms with Crippen molar-refractivity contribution >= 4 is 16.0 Å². The lowest BCUT2D eigenvalue weighted by atomic mass is 10.1. The fraction of sp³-hybridized carbons (Fsp3) is 0.409. The molecule has 0 aliphatic heterocycles. The van der Waals surface area contributed by atoms with Crippen LogP contribution in [-0.2, 0) is 16.4 Å². The maximum Gasteiger partial charge on any atom is 0.238 e. The molecule has 0 aromatic heterocycles. The van der Waals surface area contributed by atoms with Gasteiger partial charge in [-0.15, -0.1) is 0 Å². The Hall–Kier alpha value is -2.65. The highest BCUT2D eigenvalue weighted by atomic mass is 32.2. The largest absolute Gasteiger partial charge is 0.490 e. The molecule has 1 unspecified atom stereocenters. The van der Waals surface area contributed by atoms with E-state index in [0.29, 0.717) is 37.2 Å². The molecule has 1 aliphatic carbocycles. The molecule has 1 atom stereocenters. The first-order valence-electron chi connectivity index (χ1n) is 10.3. The van der Waals surface area contributed by atoms with Gasteiger partial charge in [-0.25, -0.2) is 17.9 Å². The minimum Gasteiger partial charge on any atom is -0.490 e. The van der Waals surface area contributed by atoms with E-state index in [2.05, 4.69) is 15.6 Å². The zero-order valence-corrected chi connectivity index (χ0v) is 18.6. The molecule has 2 aromatic carbocycles. The summed E-state index contributed by atoms with van der Waals surface area (Å²) in [4.78, 5) is 4.30. The Bertz CT molecular complexity index is 1020. The first kappa shape index (κ1) is 23.0. The summed E-state index contributed by atoms with van der Waals surface area (Å²) in [7, 11) is -2.02. The second-order valence-electron chi connectivity index (χ2n) is 7.75. The zero-order valence-electron chi connectivity index (χ0n) is 17.8. The highest BCUT2D eigenvalue weighted by Crippen LogP contribution is 2.30. The highest BCUT2D eigenvalue weighted by Gasteiger charge is 2.22. The van der Waals surface area contributed by atoms with E-state index in [4.69, 9.17) is 9.88 Å². The lowest BCUT2D eigenvalue weighted by Gasteiger charge is -2.19. The minimum absolute atomic E-state index is 0.0895. The third-order valence-corrected chi connectivity index (χ3v) is 6.09. The predicted molar refractivity (Wildman–Crippen MR) is 119 cm³/mol. The molecule has 7 nitrogen and oxygen atoms in total. The molecular weight excluding hydrogens is 419 g/mol. The molecule has 1 aliphatic rings. The van der Waals surface area contributed by atoms with Gasteiger partial charge in [-0.1, -0.05) is 18.2 Å². The van der Waals surface area contributed by atoms with Gasteiger partial charge in [-0.05, 0) is 67.5 Å². The lowest BCUT2D eigenvalue weighted by Crippen LogP contribution is -2.39. The van der Waals surface area contributed by atoms with E-state index in [9.17, 15) is 12.8 Å². The Morgan fingerprint density at radius 2 is 1.97 bits per heavy atom. The van der Waals surface area contributed by atoms with E-state index in [1.54, 1.807) is 25.2 Å². The molecule has 2 aromatic rings. The number of nitrogens with two attached hydrogens (primary N) is 1. The van der Waals surface area contributed by atoms with E-state index < -0.39 is 10.0 Å². The smallest absolute Gasteiger partial charge is 0.238 e. The molecule has 1 saturated carbocycles. The van der Waals surface area contributed by atoms with Crippen molar-refractivity contribution in [1.82, 2.24) is 10.6 Å². The van der Waals surface area contributed by atoms with Crippen LogP contribution in [0.4, 0.5) is 4.39 Å². The van der Waals surface area contributed by atoms with Crippen molar-refractivity contribution in [2.45, 2.75) is 37.1 Å². The molecule has 0 spiro atoms. The van der Waals surface area contributed by atoms with Crippen LogP contribution in [0.2, 0.25) is 0 Å². The summed E-state index contributed by atoms with van der Waals surface area (Å²) in [6.07, 6.45) is 2.99. The normalized spacial score (nSPS) is 15.4. The van der Waals surface area contributed by atoms with Gasteiger partial charge in [0.1, 0.15) is 0 Å². The molecule has 168 valence electrons. The van der Waals surface area contributed by atoms with Gasteiger partial charge >= 0.3 is 0 Å². The molecule has 3 rings (SSSR count). The van der Waals surface area contributed by atoms with Crippen LogP contribution in [0.25, 0.3) is 0 Å². The van der Waals surface area contributed by atoms with Gasteiger partial charge < -0.3 is 15.4 Å². The molecule has 1 fully saturated rings. The van der Waals surface area contributed by atoms with Crippen molar-refractivity contribution in [3.63, 3.8) is 0 Å². The minimum atomic E-state index is -3.69. The lowest BCUT2D eigenvalue weighted by molar-refractivity contribution is 0.285. The monoisotopic (exact) mass is 448 g/mol. The summed E-state index contributed by atoms with van der Waals surface area (Å²) >= 11 is 0. The van der Waals surface area contributed by atoms with Crippen LogP contribution in [0, 0.1) is 11.7 Å². The number of sulfonamides is 1. The number of primary sulfonamides is 1. The summed E-state index contributed by atoms with van der Waals surface area (Å²) in [5.74, 6) is 1.08. The first-order chi connectivity index (χ1) is 14.8. The van der Waals surface area contributed by atoms with Crippen LogP contribution in [0.3, 0.4) is 0 Å². The van der Waals surface area contributed by atoms with Gasteiger partial charge in [0.05, 0.1) is 17.5 Å². The quantitative estimate of drug-likeness (QED) is 0.404. The number of halogens is 1. The number of nitrogens with zero attached hydrogens (tertiary/aromatic N) is 1. The molecule has 0 amide bonds. The van der Waals surface area contributed by atoms with E-state index in [1.165, 1.54) is 18.2 Å². The molecule has 31 heavy (non-hydrogen) atoms. The molecule has 0 bridgehead atoms. The average molecular weight is 449 g/mol. The van der Waals surface area contributed by atoms with E-state index in [0.717, 1.165) is 24.0 Å². The first-order valence-corrected chi connectivity index (χ1v) is 11.8. The van der Waals surface area contributed by atoms with Crippen LogP contribution in [0.5, 0.6) is 5.75 Å².